The summed E-state index contributed by atoms with van der Waals surface area (Å²) in [5.74, 6) is 0.814. The normalized spacial score (nSPS) is 13.6. The van der Waals surface area contributed by atoms with Crippen molar-refractivity contribution >= 4 is 17.5 Å². The van der Waals surface area contributed by atoms with Crippen LogP contribution >= 0.6 is 11.6 Å². The Hall–Kier alpha value is -2.66. The number of aromatic nitrogens is 3. The van der Waals surface area contributed by atoms with Gasteiger partial charge in [-0.15, -0.1) is 0 Å². The van der Waals surface area contributed by atoms with E-state index < -0.39 is 0 Å². The summed E-state index contributed by atoms with van der Waals surface area (Å²) in [5, 5.41) is 0.698. The van der Waals surface area contributed by atoms with Gasteiger partial charge in [-0.3, -0.25) is 9.78 Å². The summed E-state index contributed by atoms with van der Waals surface area (Å²) in [7, 11) is 0. The zero-order valence-electron chi connectivity index (χ0n) is 13.8. The van der Waals surface area contributed by atoms with Gasteiger partial charge in [0.15, 0.2) is 0 Å². The van der Waals surface area contributed by atoms with Crippen molar-refractivity contribution in [1.29, 1.82) is 0 Å². The Balaban J connectivity index is 1.56. The Morgan fingerprint density at radius 2 is 2.00 bits per heavy atom. The molecule has 0 saturated heterocycles. The number of fused-ring (bicyclic) bond motifs is 1. The molecule has 3 aromatic rings. The Labute approximate surface area is 150 Å². The van der Waals surface area contributed by atoms with E-state index in [1.54, 1.807) is 6.20 Å². The number of hydrogen-bond acceptors (Lipinski definition) is 3. The number of rotatable bonds is 2. The molecule has 126 valence electrons. The minimum Gasteiger partial charge on any atom is -0.340 e. The summed E-state index contributed by atoms with van der Waals surface area (Å²) >= 11 is 5.94. The average Bonchev–Trinajstić information content (AvgIpc) is 3.05. The fraction of sp³-hybridized carbons (Fsp3) is 0.211. The van der Waals surface area contributed by atoms with Crippen molar-refractivity contribution in [3.63, 3.8) is 0 Å². The SMILES string of the molecule is Cc1ccc(C(=O)N2CCc3nc(-c4ccc(Cl)cc4)[nH]c3C2)cn1. The van der Waals surface area contributed by atoms with Crippen molar-refractivity contribution in [3.05, 3.63) is 70.3 Å². The number of H-pyrrole nitrogens is 1. The zero-order chi connectivity index (χ0) is 17.4. The first-order chi connectivity index (χ1) is 12.1. The highest BCUT2D eigenvalue weighted by Crippen LogP contribution is 2.24. The lowest BCUT2D eigenvalue weighted by molar-refractivity contribution is 0.0731. The average molecular weight is 353 g/mol. The molecule has 1 aromatic carbocycles. The molecule has 3 heterocycles. The number of amides is 1. The fourth-order valence-electron chi connectivity index (χ4n) is 2.99. The van der Waals surface area contributed by atoms with Crippen molar-refractivity contribution in [2.75, 3.05) is 6.54 Å². The molecule has 0 radical (unpaired) electrons. The van der Waals surface area contributed by atoms with Crippen molar-refractivity contribution < 1.29 is 4.79 Å². The Kier molecular flexibility index (Phi) is 4.01. The monoisotopic (exact) mass is 352 g/mol. The molecule has 0 fully saturated rings. The van der Waals surface area contributed by atoms with E-state index in [-0.39, 0.29) is 5.91 Å². The molecule has 0 atom stereocenters. The van der Waals surface area contributed by atoms with E-state index in [1.165, 1.54) is 0 Å². The van der Waals surface area contributed by atoms with E-state index in [1.807, 2.05) is 48.2 Å². The Bertz CT molecular complexity index is 916. The van der Waals surface area contributed by atoms with Gasteiger partial charge in [-0.2, -0.15) is 0 Å². The van der Waals surface area contributed by atoms with Gasteiger partial charge < -0.3 is 9.88 Å². The summed E-state index contributed by atoms with van der Waals surface area (Å²) < 4.78 is 0. The second-order valence-electron chi connectivity index (χ2n) is 6.18. The first kappa shape index (κ1) is 15.8. The van der Waals surface area contributed by atoms with Crippen LogP contribution in [-0.2, 0) is 13.0 Å². The Morgan fingerprint density at radius 1 is 1.20 bits per heavy atom. The lowest BCUT2D eigenvalue weighted by Gasteiger charge is -2.26. The lowest BCUT2D eigenvalue weighted by atomic mass is 10.1. The van der Waals surface area contributed by atoms with Gasteiger partial charge in [0.1, 0.15) is 5.82 Å². The third-order valence-electron chi connectivity index (χ3n) is 4.40. The van der Waals surface area contributed by atoms with Gasteiger partial charge in [-0.1, -0.05) is 11.6 Å². The van der Waals surface area contributed by atoms with Crippen LogP contribution in [0.15, 0.2) is 42.6 Å². The van der Waals surface area contributed by atoms with Gasteiger partial charge in [0.2, 0.25) is 0 Å². The molecule has 2 aromatic heterocycles. The van der Waals surface area contributed by atoms with Crippen LogP contribution in [0.1, 0.15) is 27.4 Å². The van der Waals surface area contributed by atoms with E-state index >= 15 is 0 Å². The van der Waals surface area contributed by atoms with Crippen LogP contribution in [0.4, 0.5) is 0 Å². The first-order valence-corrected chi connectivity index (χ1v) is 8.53. The van der Waals surface area contributed by atoms with E-state index in [0.717, 1.165) is 34.9 Å². The first-order valence-electron chi connectivity index (χ1n) is 8.16. The number of pyridine rings is 1. The van der Waals surface area contributed by atoms with Gasteiger partial charge in [0, 0.05) is 35.4 Å². The molecular weight excluding hydrogens is 336 g/mol. The quantitative estimate of drug-likeness (QED) is 0.766. The maximum absolute atomic E-state index is 12.7. The van der Waals surface area contributed by atoms with E-state index in [4.69, 9.17) is 11.6 Å². The van der Waals surface area contributed by atoms with Crippen molar-refractivity contribution in [1.82, 2.24) is 19.9 Å². The molecule has 5 nitrogen and oxygen atoms in total. The van der Waals surface area contributed by atoms with Crippen LogP contribution in [0.25, 0.3) is 11.4 Å². The number of halogens is 1. The summed E-state index contributed by atoms with van der Waals surface area (Å²) in [5.41, 5.74) is 4.52. The minimum atomic E-state index is 0.000734. The predicted octanol–water partition coefficient (Wildman–Crippen LogP) is 3.63. The molecule has 25 heavy (non-hydrogen) atoms. The topological polar surface area (TPSA) is 61.9 Å². The van der Waals surface area contributed by atoms with Gasteiger partial charge in [0.05, 0.1) is 23.5 Å². The number of nitrogens with one attached hydrogen (secondary N) is 1. The molecule has 1 N–H and O–H groups in total. The molecule has 1 aliphatic rings. The third-order valence-corrected chi connectivity index (χ3v) is 4.65. The molecule has 1 amide bonds. The number of carbonyl (C=O) groups excluding carboxylic acids is 1. The number of carbonyl (C=O) groups is 1. The molecule has 6 heteroatoms. The summed E-state index contributed by atoms with van der Waals surface area (Å²) in [6, 6.07) is 11.3. The summed E-state index contributed by atoms with van der Waals surface area (Å²) in [6.45, 7) is 3.09. The number of imidazole rings is 1. The molecule has 0 unspecified atom stereocenters. The minimum absolute atomic E-state index is 0.000734. The van der Waals surface area contributed by atoms with Gasteiger partial charge in [-0.05, 0) is 43.3 Å². The van der Waals surface area contributed by atoms with Gasteiger partial charge in [-0.25, -0.2) is 4.98 Å². The highest BCUT2D eigenvalue weighted by Gasteiger charge is 2.25. The molecule has 0 bridgehead atoms. The number of nitrogens with zero attached hydrogens (tertiary/aromatic N) is 3. The second kappa shape index (κ2) is 6.33. The predicted molar refractivity (Wildman–Crippen MR) is 96.5 cm³/mol. The van der Waals surface area contributed by atoms with Crippen molar-refractivity contribution in [2.45, 2.75) is 19.9 Å². The van der Waals surface area contributed by atoms with E-state index in [2.05, 4.69) is 15.0 Å². The fourth-order valence-corrected chi connectivity index (χ4v) is 3.11. The molecule has 0 saturated carbocycles. The summed E-state index contributed by atoms with van der Waals surface area (Å²) in [4.78, 5) is 26.7. The third kappa shape index (κ3) is 3.15. The van der Waals surface area contributed by atoms with Crippen LogP contribution in [0.5, 0.6) is 0 Å². The van der Waals surface area contributed by atoms with Crippen LogP contribution in [-0.4, -0.2) is 32.3 Å². The van der Waals surface area contributed by atoms with Crippen molar-refractivity contribution in [2.24, 2.45) is 0 Å². The molecular formula is C19H17ClN4O. The highest BCUT2D eigenvalue weighted by atomic mass is 35.5. The van der Waals surface area contributed by atoms with Gasteiger partial charge in [0.25, 0.3) is 5.91 Å². The van der Waals surface area contributed by atoms with E-state index in [0.29, 0.717) is 23.7 Å². The molecule has 1 aliphatic heterocycles. The van der Waals surface area contributed by atoms with Gasteiger partial charge >= 0.3 is 0 Å². The van der Waals surface area contributed by atoms with Crippen LogP contribution in [0.2, 0.25) is 5.02 Å². The van der Waals surface area contributed by atoms with Crippen LogP contribution in [0, 0.1) is 6.92 Å². The van der Waals surface area contributed by atoms with E-state index in [9.17, 15) is 4.79 Å². The molecule has 0 spiro atoms. The summed E-state index contributed by atoms with van der Waals surface area (Å²) in [6.07, 6.45) is 2.38. The smallest absolute Gasteiger partial charge is 0.255 e. The lowest BCUT2D eigenvalue weighted by Crippen LogP contribution is -2.36. The maximum Gasteiger partial charge on any atom is 0.255 e. The zero-order valence-corrected chi connectivity index (χ0v) is 14.5. The number of benzene rings is 1. The number of aromatic amines is 1. The van der Waals surface area contributed by atoms with Crippen molar-refractivity contribution in [3.8, 4) is 11.4 Å². The highest BCUT2D eigenvalue weighted by molar-refractivity contribution is 6.30. The number of aryl methyl sites for hydroxylation is 1. The maximum atomic E-state index is 12.7. The molecule has 0 aliphatic carbocycles. The molecule has 4 rings (SSSR count). The second-order valence-corrected chi connectivity index (χ2v) is 6.62. The van der Waals surface area contributed by atoms with Crippen LogP contribution in [0.3, 0.4) is 0 Å². The number of hydrogen-bond donors (Lipinski definition) is 1. The van der Waals surface area contributed by atoms with Crippen LogP contribution < -0.4 is 0 Å². The standard InChI is InChI=1S/C19H17ClN4O/c1-12-2-3-14(10-21-12)19(25)24-9-8-16-17(11-24)23-18(22-16)13-4-6-15(20)7-5-13/h2-7,10H,8-9,11H2,1H3,(H,22,23). The largest absolute Gasteiger partial charge is 0.340 e. The Morgan fingerprint density at radius 3 is 2.72 bits per heavy atom.